The molecule has 0 fully saturated rings. The van der Waals surface area contributed by atoms with Gasteiger partial charge >= 0.3 is 5.79 Å². The van der Waals surface area contributed by atoms with E-state index >= 15 is 0 Å². The summed E-state index contributed by atoms with van der Waals surface area (Å²) in [6.45, 7) is -0.540. The van der Waals surface area contributed by atoms with Crippen LogP contribution in [-0.2, 0) is 5.79 Å². The summed E-state index contributed by atoms with van der Waals surface area (Å²) in [5, 5.41) is 9.07. The first-order valence-electron chi connectivity index (χ1n) is 8.00. The molecule has 4 rings (SSSR count). The van der Waals surface area contributed by atoms with E-state index in [-0.39, 0.29) is 5.78 Å². The van der Waals surface area contributed by atoms with Crippen LogP contribution in [0.1, 0.15) is 21.5 Å². The van der Waals surface area contributed by atoms with Gasteiger partial charge in [-0.05, 0) is 18.2 Å². The van der Waals surface area contributed by atoms with Gasteiger partial charge in [-0.1, -0.05) is 60.7 Å². The standard InChI is InChI=1S/C21H16O4/c22-14-18(23)15-11-12-19-20(13-15)25-21(24-19,16-7-3-1-4-8-16)17-9-5-2-6-10-17/h1-13,22H,14H2. The summed E-state index contributed by atoms with van der Waals surface area (Å²) < 4.78 is 12.5. The first-order valence-corrected chi connectivity index (χ1v) is 8.00. The predicted molar refractivity (Wildman–Crippen MR) is 92.8 cm³/mol. The summed E-state index contributed by atoms with van der Waals surface area (Å²) in [6, 6.07) is 24.3. The average molecular weight is 332 g/mol. The molecule has 1 aliphatic heterocycles. The van der Waals surface area contributed by atoms with Crippen molar-refractivity contribution in [2.75, 3.05) is 6.61 Å². The molecule has 0 saturated carbocycles. The Morgan fingerprint density at radius 1 is 0.800 bits per heavy atom. The molecule has 4 heteroatoms. The molecule has 0 unspecified atom stereocenters. The highest BCUT2D eigenvalue weighted by Gasteiger charge is 2.45. The number of benzene rings is 3. The fourth-order valence-corrected chi connectivity index (χ4v) is 2.98. The highest BCUT2D eigenvalue weighted by Crippen LogP contribution is 2.47. The summed E-state index contributed by atoms with van der Waals surface area (Å²) in [7, 11) is 0. The lowest BCUT2D eigenvalue weighted by molar-refractivity contribution is -0.0459. The average Bonchev–Trinajstić information content (AvgIpc) is 3.08. The maximum absolute atomic E-state index is 11.8. The number of carbonyl (C=O) groups excluding carboxylic acids is 1. The van der Waals surface area contributed by atoms with Crippen molar-refractivity contribution in [2.24, 2.45) is 0 Å². The molecule has 0 aliphatic carbocycles. The molecule has 0 atom stereocenters. The smallest absolute Gasteiger partial charge is 0.305 e. The zero-order chi connectivity index (χ0) is 17.3. The Morgan fingerprint density at radius 3 is 1.92 bits per heavy atom. The van der Waals surface area contributed by atoms with E-state index in [0.29, 0.717) is 17.1 Å². The van der Waals surface area contributed by atoms with Crippen LogP contribution in [0.5, 0.6) is 11.5 Å². The summed E-state index contributed by atoms with van der Waals surface area (Å²) in [5.41, 5.74) is 2.10. The van der Waals surface area contributed by atoms with Crippen molar-refractivity contribution >= 4 is 5.78 Å². The molecular weight excluding hydrogens is 316 g/mol. The minimum atomic E-state index is -1.11. The van der Waals surface area contributed by atoms with E-state index < -0.39 is 12.4 Å². The first-order chi connectivity index (χ1) is 12.2. The second-order valence-electron chi connectivity index (χ2n) is 5.80. The Hall–Kier alpha value is -3.11. The Morgan fingerprint density at radius 2 is 1.36 bits per heavy atom. The van der Waals surface area contributed by atoms with E-state index in [1.165, 1.54) is 0 Å². The Bertz CT molecular complexity index is 864. The Kier molecular flexibility index (Phi) is 3.75. The van der Waals surface area contributed by atoms with Crippen molar-refractivity contribution < 1.29 is 19.4 Å². The number of carbonyl (C=O) groups is 1. The Balaban J connectivity index is 1.83. The highest BCUT2D eigenvalue weighted by atomic mass is 16.7. The minimum absolute atomic E-state index is 0.358. The molecule has 1 aliphatic rings. The number of fused-ring (bicyclic) bond motifs is 1. The van der Waals surface area contributed by atoms with E-state index in [0.717, 1.165) is 11.1 Å². The molecule has 124 valence electrons. The monoisotopic (exact) mass is 332 g/mol. The predicted octanol–water partition coefficient (Wildman–Crippen LogP) is 3.53. The van der Waals surface area contributed by atoms with Gasteiger partial charge in [-0.25, -0.2) is 0 Å². The van der Waals surface area contributed by atoms with Crippen LogP contribution in [0.2, 0.25) is 0 Å². The number of aliphatic hydroxyl groups is 1. The van der Waals surface area contributed by atoms with Gasteiger partial charge in [-0.3, -0.25) is 4.79 Å². The normalized spacial score (nSPS) is 14.3. The molecule has 3 aromatic carbocycles. The summed E-state index contributed by atoms with van der Waals surface area (Å²) in [4.78, 5) is 11.8. The molecule has 4 nitrogen and oxygen atoms in total. The van der Waals surface area contributed by atoms with Crippen LogP contribution in [0.25, 0.3) is 0 Å². The van der Waals surface area contributed by atoms with E-state index in [9.17, 15) is 4.79 Å². The van der Waals surface area contributed by atoms with E-state index in [1.807, 2.05) is 60.7 Å². The van der Waals surface area contributed by atoms with Crippen LogP contribution in [-0.4, -0.2) is 17.5 Å². The molecule has 0 spiro atoms. The second kappa shape index (κ2) is 6.07. The third-order valence-corrected chi connectivity index (χ3v) is 4.22. The molecule has 25 heavy (non-hydrogen) atoms. The van der Waals surface area contributed by atoms with Crippen LogP contribution >= 0.6 is 0 Å². The van der Waals surface area contributed by atoms with Gasteiger partial charge in [0.05, 0.1) is 0 Å². The summed E-state index contributed by atoms with van der Waals surface area (Å²) in [5.74, 6) is -0.427. The van der Waals surface area contributed by atoms with Crippen LogP contribution in [0.4, 0.5) is 0 Å². The van der Waals surface area contributed by atoms with E-state index in [4.69, 9.17) is 14.6 Å². The maximum atomic E-state index is 11.8. The van der Waals surface area contributed by atoms with Crippen LogP contribution in [0.3, 0.4) is 0 Å². The van der Waals surface area contributed by atoms with Gasteiger partial charge in [-0.15, -0.1) is 0 Å². The Labute approximate surface area is 145 Å². The molecule has 3 aromatic rings. The number of ether oxygens (including phenoxy) is 2. The molecule has 1 heterocycles. The summed E-state index contributed by atoms with van der Waals surface area (Å²) in [6.07, 6.45) is 0. The van der Waals surface area contributed by atoms with Gasteiger partial charge in [0, 0.05) is 16.7 Å². The van der Waals surface area contributed by atoms with Gasteiger partial charge in [0.15, 0.2) is 17.3 Å². The largest absolute Gasteiger partial charge is 0.440 e. The summed E-state index contributed by atoms with van der Waals surface area (Å²) >= 11 is 0. The van der Waals surface area contributed by atoms with Gasteiger partial charge in [0.25, 0.3) is 0 Å². The van der Waals surface area contributed by atoms with Gasteiger partial charge < -0.3 is 14.6 Å². The molecule has 1 N–H and O–H groups in total. The van der Waals surface area contributed by atoms with Crippen LogP contribution in [0.15, 0.2) is 78.9 Å². The van der Waals surface area contributed by atoms with Gasteiger partial charge in [0.2, 0.25) is 0 Å². The van der Waals surface area contributed by atoms with Crippen molar-refractivity contribution in [3.8, 4) is 11.5 Å². The number of hydrogen-bond donors (Lipinski definition) is 1. The third kappa shape index (κ3) is 2.57. The molecule has 0 aromatic heterocycles. The van der Waals surface area contributed by atoms with Crippen molar-refractivity contribution in [3.05, 3.63) is 95.6 Å². The highest BCUT2D eigenvalue weighted by molar-refractivity contribution is 5.97. The van der Waals surface area contributed by atoms with E-state index in [2.05, 4.69) is 0 Å². The number of rotatable bonds is 4. The van der Waals surface area contributed by atoms with Crippen molar-refractivity contribution in [2.45, 2.75) is 5.79 Å². The van der Waals surface area contributed by atoms with Crippen molar-refractivity contribution in [1.82, 2.24) is 0 Å². The number of Topliss-reactive ketones (excluding diaryl/α,β-unsaturated/α-hetero) is 1. The molecular formula is C21H16O4. The fraction of sp³-hybridized carbons (Fsp3) is 0.0952. The zero-order valence-corrected chi connectivity index (χ0v) is 13.4. The zero-order valence-electron chi connectivity index (χ0n) is 13.4. The molecule has 0 bridgehead atoms. The van der Waals surface area contributed by atoms with Crippen molar-refractivity contribution in [1.29, 1.82) is 0 Å². The first kappa shape index (κ1) is 15.4. The number of ketones is 1. The van der Waals surface area contributed by atoms with Gasteiger partial charge in [0.1, 0.15) is 6.61 Å². The topological polar surface area (TPSA) is 55.8 Å². The lowest BCUT2D eigenvalue weighted by Gasteiger charge is -2.28. The second-order valence-corrected chi connectivity index (χ2v) is 5.80. The van der Waals surface area contributed by atoms with Crippen molar-refractivity contribution in [3.63, 3.8) is 0 Å². The lowest BCUT2D eigenvalue weighted by Crippen LogP contribution is -2.36. The number of hydrogen-bond acceptors (Lipinski definition) is 4. The van der Waals surface area contributed by atoms with Crippen LogP contribution in [0, 0.1) is 0 Å². The molecule has 0 radical (unpaired) electrons. The molecule has 0 amide bonds. The molecule has 0 saturated heterocycles. The fourth-order valence-electron chi connectivity index (χ4n) is 2.98. The maximum Gasteiger partial charge on any atom is 0.305 e. The van der Waals surface area contributed by atoms with E-state index in [1.54, 1.807) is 18.2 Å². The van der Waals surface area contributed by atoms with Crippen LogP contribution < -0.4 is 9.47 Å². The third-order valence-electron chi connectivity index (χ3n) is 4.22. The lowest BCUT2D eigenvalue weighted by atomic mass is 9.97. The minimum Gasteiger partial charge on any atom is -0.440 e. The number of aliphatic hydroxyl groups excluding tert-OH is 1. The van der Waals surface area contributed by atoms with Gasteiger partial charge in [-0.2, -0.15) is 0 Å². The quantitative estimate of drug-likeness (QED) is 0.743. The SMILES string of the molecule is O=C(CO)c1ccc2c(c1)OC(c1ccccc1)(c1ccccc1)O2.